The summed E-state index contributed by atoms with van der Waals surface area (Å²) in [4.78, 5) is 24.2. The van der Waals surface area contributed by atoms with Crippen LogP contribution in [0.4, 0.5) is 4.79 Å². The third-order valence-corrected chi connectivity index (χ3v) is 6.29. The van der Waals surface area contributed by atoms with Crippen molar-refractivity contribution in [3.8, 4) is 0 Å². The Kier molecular flexibility index (Phi) is 7.57. The van der Waals surface area contributed by atoms with Crippen LogP contribution in [-0.4, -0.2) is 58.3 Å². The Morgan fingerprint density at radius 3 is 2.58 bits per heavy atom. The molecule has 148 valence electrons. The van der Waals surface area contributed by atoms with Crippen molar-refractivity contribution in [2.45, 2.75) is 50.8 Å². The topological polar surface area (TPSA) is 150 Å². The molecule has 0 aliphatic rings. The van der Waals surface area contributed by atoms with Gasteiger partial charge in [-0.05, 0) is 26.2 Å². The number of hydroxylamine groups is 1. The molecule has 0 bridgehead atoms. The van der Waals surface area contributed by atoms with Gasteiger partial charge in [0.25, 0.3) is 5.91 Å². The number of rotatable bonds is 10. The molecule has 0 aliphatic carbocycles. The molecule has 0 aromatic carbocycles. The Balaban J connectivity index is 2.81. The van der Waals surface area contributed by atoms with Crippen molar-refractivity contribution < 1.29 is 32.8 Å². The van der Waals surface area contributed by atoms with Gasteiger partial charge in [-0.25, -0.2) is 18.7 Å². The molecule has 0 radical (unpaired) electrons. The van der Waals surface area contributed by atoms with Crippen LogP contribution in [0.1, 0.15) is 44.6 Å². The summed E-state index contributed by atoms with van der Waals surface area (Å²) >= 11 is 0. The second kappa shape index (κ2) is 8.99. The number of nitrogens with one attached hydrogen (secondary N) is 1. The molecule has 3 N–H and O–H groups in total. The first-order chi connectivity index (χ1) is 12.0. The lowest BCUT2D eigenvalue weighted by atomic mass is 10.0. The normalized spacial score (nSPS) is 13.8. The van der Waals surface area contributed by atoms with Crippen molar-refractivity contribution >= 4 is 21.8 Å². The molecule has 26 heavy (non-hydrogen) atoms. The zero-order valence-electron chi connectivity index (χ0n) is 15.1. The van der Waals surface area contributed by atoms with Gasteiger partial charge in [0, 0.05) is 18.9 Å². The Morgan fingerprint density at radius 2 is 2.08 bits per heavy atom. The third-order valence-electron chi connectivity index (χ3n) is 4.26. The minimum Gasteiger partial charge on any atom is -0.465 e. The Hall–Kier alpha value is -2.14. The van der Waals surface area contributed by atoms with E-state index in [0.29, 0.717) is 18.0 Å². The van der Waals surface area contributed by atoms with Crippen LogP contribution in [0.2, 0.25) is 0 Å². The summed E-state index contributed by atoms with van der Waals surface area (Å²) < 4.78 is 27.1. The molecule has 1 aromatic heterocycles. The second-order valence-corrected chi connectivity index (χ2v) is 8.73. The number of sulfone groups is 1. The van der Waals surface area contributed by atoms with Gasteiger partial charge < -0.3 is 14.5 Å². The molecule has 10 nitrogen and oxygen atoms in total. The standard InChI is InChI=1S/C15H25N3O7S/c1-4-5-8-18(14(20)21)10-12-9-11(17-25-12)6-7-15(2,13(19)16-22)26(3,23)24/h9,22H,4-8,10H2,1-3H3,(H,16,19)(H,20,21). The Morgan fingerprint density at radius 1 is 1.42 bits per heavy atom. The van der Waals surface area contributed by atoms with Gasteiger partial charge in [-0.1, -0.05) is 18.5 Å². The molecule has 0 saturated heterocycles. The SMILES string of the molecule is CCCCN(Cc1cc(CCC(C)(C(=O)NO)S(C)(=O)=O)no1)C(=O)O. The molecule has 0 spiro atoms. The number of carbonyl (C=O) groups excluding carboxylic acids is 1. The average molecular weight is 391 g/mol. The van der Waals surface area contributed by atoms with Crippen LogP contribution < -0.4 is 5.48 Å². The van der Waals surface area contributed by atoms with E-state index in [1.165, 1.54) is 23.4 Å². The maximum absolute atomic E-state index is 11.9. The van der Waals surface area contributed by atoms with E-state index in [9.17, 15) is 23.1 Å². The molecule has 1 atom stereocenters. The number of carbonyl (C=O) groups is 2. The Bertz CT molecular complexity index is 731. The predicted molar refractivity (Wildman–Crippen MR) is 91.3 cm³/mol. The number of hydrogen-bond acceptors (Lipinski definition) is 7. The van der Waals surface area contributed by atoms with E-state index in [4.69, 9.17) is 9.73 Å². The van der Waals surface area contributed by atoms with E-state index in [2.05, 4.69) is 5.16 Å². The summed E-state index contributed by atoms with van der Waals surface area (Å²) in [6, 6.07) is 1.53. The van der Waals surface area contributed by atoms with Crippen LogP contribution in [0.5, 0.6) is 0 Å². The zero-order valence-corrected chi connectivity index (χ0v) is 15.9. The molecule has 0 fully saturated rings. The highest BCUT2D eigenvalue weighted by atomic mass is 32.2. The number of hydrogen-bond donors (Lipinski definition) is 3. The molecule has 0 saturated carbocycles. The maximum atomic E-state index is 11.9. The maximum Gasteiger partial charge on any atom is 0.407 e. The van der Waals surface area contributed by atoms with Crippen LogP contribution in [-0.2, 0) is 27.6 Å². The number of nitrogens with zero attached hydrogens (tertiary/aromatic N) is 2. The first-order valence-corrected chi connectivity index (χ1v) is 10.0. The highest BCUT2D eigenvalue weighted by molar-refractivity contribution is 7.92. The first-order valence-electron chi connectivity index (χ1n) is 8.11. The van der Waals surface area contributed by atoms with Gasteiger partial charge in [0.15, 0.2) is 15.6 Å². The van der Waals surface area contributed by atoms with E-state index in [-0.39, 0.29) is 19.4 Å². The van der Waals surface area contributed by atoms with Gasteiger partial charge in [0.05, 0.1) is 12.2 Å². The monoisotopic (exact) mass is 391 g/mol. The number of aromatic nitrogens is 1. The smallest absolute Gasteiger partial charge is 0.407 e. The summed E-state index contributed by atoms with van der Waals surface area (Å²) in [6.07, 6.45) is 1.39. The van der Waals surface area contributed by atoms with E-state index < -0.39 is 26.6 Å². The quantitative estimate of drug-likeness (QED) is 0.398. The van der Waals surface area contributed by atoms with E-state index in [0.717, 1.165) is 19.1 Å². The molecule has 1 unspecified atom stereocenters. The summed E-state index contributed by atoms with van der Waals surface area (Å²) in [6.45, 7) is 3.56. The lowest BCUT2D eigenvalue weighted by Crippen LogP contribution is -2.49. The largest absolute Gasteiger partial charge is 0.465 e. The predicted octanol–water partition coefficient (Wildman–Crippen LogP) is 1.20. The van der Waals surface area contributed by atoms with Crippen LogP contribution in [0.25, 0.3) is 0 Å². The van der Waals surface area contributed by atoms with Crippen molar-refractivity contribution in [2.75, 3.05) is 12.8 Å². The van der Waals surface area contributed by atoms with Gasteiger partial charge in [-0.2, -0.15) is 0 Å². The third kappa shape index (κ3) is 5.43. The molecule has 1 rings (SSSR count). The van der Waals surface area contributed by atoms with Crippen molar-refractivity contribution in [3.05, 3.63) is 17.5 Å². The first kappa shape index (κ1) is 21.9. The number of aryl methyl sites for hydroxylation is 1. The van der Waals surface area contributed by atoms with Crippen LogP contribution in [0.3, 0.4) is 0 Å². The number of amides is 2. The Labute approximate surface area is 152 Å². The number of unbranched alkanes of at least 4 members (excludes halogenated alkanes) is 1. The lowest BCUT2D eigenvalue weighted by Gasteiger charge is -2.24. The highest BCUT2D eigenvalue weighted by Crippen LogP contribution is 2.24. The summed E-state index contributed by atoms with van der Waals surface area (Å²) in [5.74, 6) is -0.702. The minimum absolute atomic E-state index is 0.0306. The van der Waals surface area contributed by atoms with Crippen molar-refractivity contribution in [1.29, 1.82) is 0 Å². The summed E-state index contributed by atoms with van der Waals surface area (Å²) in [7, 11) is -3.80. The lowest BCUT2D eigenvalue weighted by molar-refractivity contribution is -0.131. The highest BCUT2D eigenvalue weighted by Gasteiger charge is 2.43. The van der Waals surface area contributed by atoms with Crippen molar-refractivity contribution in [2.24, 2.45) is 0 Å². The molecule has 0 aliphatic heterocycles. The van der Waals surface area contributed by atoms with Crippen LogP contribution >= 0.6 is 0 Å². The molecular formula is C15H25N3O7S. The van der Waals surface area contributed by atoms with E-state index in [1.807, 2.05) is 6.92 Å². The van der Waals surface area contributed by atoms with Crippen LogP contribution in [0, 0.1) is 0 Å². The van der Waals surface area contributed by atoms with Gasteiger partial charge in [-0.3, -0.25) is 10.0 Å². The second-order valence-electron chi connectivity index (χ2n) is 6.29. The fraction of sp³-hybridized carbons (Fsp3) is 0.667. The summed E-state index contributed by atoms with van der Waals surface area (Å²) in [5, 5.41) is 21.8. The molecule has 11 heteroatoms. The fourth-order valence-electron chi connectivity index (χ4n) is 2.28. The van der Waals surface area contributed by atoms with Gasteiger partial charge >= 0.3 is 6.09 Å². The molecule has 2 amide bonds. The molecule has 1 heterocycles. The van der Waals surface area contributed by atoms with Crippen molar-refractivity contribution in [1.82, 2.24) is 15.5 Å². The fourth-order valence-corrected chi connectivity index (χ4v) is 3.13. The minimum atomic E-state index is -3.80. The molecule has 1 aromatic rings. The van der Waals surface area contributed by atoms with Gasteiger partial charge in [0.2, 0.25) is 0 Å². The number of carboxylic acid groups (broad SMARTS) is 1. The van der Waals surface area contributed by atoms with E-state index >= 15 is 0 Å². The van der Waals surface area contributed by atoms with Crippen LogP contribution in [0.15, 0.2) is 10.6 Å². The molecular weight excluding hydrogens is 366 g/mol. The van der Waals surface area contributed by atoms with Gasteiger partial charge in [0.1, 0.15) is 4.75 Å². The summed E-state index contributed by atoms with van der Waals surface area (Å²) in [5.41, 5.74) is 1.77. The average Bonchev–Trinajstić information content (AvgIpc) is 3.01. The van der Waals surface area contributed by atoms with E-state index in [1.54, 1.807) is 0 Å². The van der Waals surface area contributed by atoms with Gasteiger partial charge in [-0.15, -0.1) is 0 Å². The van der Waals surface area contributed by atoms with Crippen molar-refractivity contribution in [3.63, 3.8) is 0 Å². The zero-order chi connectivity index (χ0) is 20.0.